The summed E-state index contributed by atoms with van der Waals surface area (Å²) in [4.78, 5) is 30.4. The van der Waals surface area contributed by atoms with Crippen LogP contribution in [0.25, 0.3) is 11.0 Å². The van der Waals surface area contributed by atoms with Gasteiger partial charge in [0.1, 0.15) is 11.1 Å². The van der Waals surface area contributed by atoms with E-state index in [1.807, 2.05) is 45.0 Å². The summed E-state index contributed by atoms with van der Waals surface area (Å²) in [6.45, 7) is 6.44. The van der Waals surface area contributed by atoms with Gasteiger partial charge in [0.2, 0.25) is 5.91 Å². The van der Waals surface area contributed by atoms with Gasteiger partial charge in [-0.05, 0) is 26.8 Å². The van der Waals surface area contributed by atoms with Gasteiger partial charge in [0.25, 0.3) is 5.56 Å². The van der Waals surface area contributed by atoms with E-state index in [4.69, 9.17) is 9.72 Å². The minimum atomic E-state index is -0.277. The van der Waals surface area contributed by atoms with Crippen molar-refractivity contribution in [3.05, 3.63) is 46.4 Å². The van der Waals surface area contributed by atoms with Crippen LogP contribution < -0.4 is 15.6 Å². The average molecular weight is 428 g/mol. The third kappa shape index (κ3) is 3.69. The zero-order valence-electron chi connectivity index (χ0n) is 17.5. The van der Waals surface area contributed by atoms with E-state index < -0.39 is 0 Å². The number of nitrogens with zero attached hydrogens (tertiary/aromatic N) is 4. The Morgan fingerprint density at radius 1 is 1.33 bits per heavy atom. The van der Waals surface area contributed by atoms with Crippen LogP contribution in [-0.4, -0.2) is 38.1 Å². The fourth-order valence-corrected chi connectivity index (χ4v) is 4.73. The van der Waals surface area contributed by atoms with E-state index in [9.17, 15) is 9.59 Å². The predicted octanol–water partition coefficient (Wildman–Crippen LogP) is 2.71. The zero-order valence-corrected chi connectivity index (χ0v) is 18.3. The number of carbonyl (C=O) groups is 1. The fraction of sp³-hybridized carbons (Fsp3) is 0.429. The normalized spacial score (nSPS) is 15.9. The van der Waals surface area contributed by atoms with Crippen LogP contribution in [0.4, 0.5) is 0 Å². The molecule has 158 valence electrons. The van der Waals surface area contributed by atoms with Crippen LogP contribution in [0.1, 0.15) is 38.8 Å². The average Bonchev–Trinajstić information content (AvgIpc) is 3.31. The molecule has 0 saturated heterocycles. The molecule has 1 atom stereocenters. The van der Waals surface area contributed by atoms with E-state index in [1.54, 1.807) is 22.6 Å². The van der Waals surface area contributed by atoms with Crippen molar-refractivity contribution in [2.45, 2.75) is 50.5 Å². The van der Waals surface area contributed by atoms with Crippen molar-refractivity contribution in [1.82, 2.24) is 24.6 Å². The van der Waals surface area contributed by atoms with E-state index in [2.05, 4.69) is 10.4 Å². The second-order valence-corrected chi connectivity index (χ2v) is 9.28. The summed E-state index contributed by atoms with van der Waals surface area (Å²) < 4.78 is 8.74. The van der Waals surface area contributed by atoms with Crippen molar-refractivity contribution in [2.24, 2.45) is 0 Å². The molecule has 2 aromatic heterocycles. The van der Waals surface area contributed by atoms with Gasteiger partial charge in [0.05, 0.1) is 24.9 Å². The molecular weight excluding hydrogens is 402 g/mol. The highest BCUT2D eigenvalue weighted by Crippen LogP contribution is 2.33. The summed E-state index contributed by atoms with van der Waals surface area (Å²) in [7, 11) is 1.61. The maximum absolute atomic E-state index is 13.1. The van der Waals surface area contributed by atoms with Gasteiger partial charge in [-0.15, -0.1) is 0 Å². The molecule has 1 aromatic carbocycles. The monoisotopic (exact) mass is 427 g/mol. The highest BCUT2D eigenvalue weighted by atomic mass is 32.2. The van der Waals surface area contributed by atoms with E-state index in [-0.39, 0.29) is 29.5 Å². The predicted molar refractivity (Wildman–Crippen MR) is 116 cm³/mol. The van der Waals surface area contributed by atoms with Crippen molar-refractivity contribution in [3.8, 4) is 5.75 Å². The molecule has 30 heavy (non-hydrogen) atoms. The minimum absolute atomic E-state index is 0.114. The number of ether oxygens (including phenoxy) is 1. The van der Waals surface area contributed by atoms with Crippen LogP contribution in [0.3, 0.4) is 0 Å². The highest BCUT2D eigenvalue weighted by Gasteiger charge is 2.30. The second kappa shape index (κ2) is 7.79. The molecule has 9 heteroatoms. The lowest BCUT2D eigenvalue weighted by Crippen LogP contribution is -2.31. The van der Waals surface area contributed by atoms with Crippen LogP contribution >= 0.6 is 11.8 Å². The molecule has 0 aliphatic carbocycles. The maximum Gasteiger partial charge on any atom is 0.265 e. The number of para-hydroxylation sites is 1. The molecule has 1 amide bonds. The summed E-state index contributed by atoms with van der Waals surface area (Å²) in [5.41, 5.74) is 1.08. The molecule has 0 radical (unpaired) electrons. The first-order valence-electron chi connectivity index (χ1n) is 9.81. The Labute approximate surface area is 178 Å². The summed E-state index contributed by atoms with van der Waals surface area (Å²) in [6, 6.07) is 7.34. The van der Waals surface area contributed by atoms with Crippen molar-refractivity contribution in [3.63, 3.8) is 0 Å². The molecule has 1 aliphatic rings. The molecule has 4 rings (SSSR count). The number of thioether (sulfide) groups is 1. The van der Waals surface area contributed by atoms with Gasteiger partial charge in [-0.1, -0.05) is 30.0 Å². The Kier molecular flexibility index (Phi) is 5.31. The van der Waals surface area contributed by atoms with Gasteiger partial charge < -0.3 is 10.1 Å². The summed E-state index contributed by atoms with van der Waals surface area (Å²) in [5, 5.41) is 8.43. The summed E-state index contributed by atoms with van der Waals surface area (Å²) in [6.07, 6.45) is 1.79. The Bertz CT molecular complexity index is 1160. The van der Waals surface area contributed by atoms with Crippen molar-refractivity contribution >= 4 is 28.7 Å². The molecule has 3 aromatic rings. The Balaban J connectivity index is 1.53. The zero-order chi connectivity index (χ0) is 21.5. The van der Waals surface area contributed by atoms with Crippen LogP contribution in [0, 0.1) is 0 Å². The first kappa shape index (κ1) is 20.5. The van der Waals surface area contributed by atoms with Gasteiger partial charge in [-0.25, -0.2) is 9.67 Å². The molecule has 0 fully saturated rings. The molecule has 1 unspecified atom stereocenters. The van der Waals surface area contributed by atoms with Crippen molar-refractivity contribution in [2.75, 3.05) is 12.9 Å². The van der Waals surface area contributed by atoms with Gasteiger partial charge >= 0.3 is 0 Å². The number of methoxy groups -OCH3 is 1. The molecule has 0 spiro atoms. The van der Waals surface area contributed by atoms with Gasteiger partial charge in [0.15, 0.2) is 10.8 Å². The number of hydrogen-bond acceptors (Lipinski definition) is 6. The van der Waals surface area contributed by atoms with Gasteiger partial charge in [-0.2, -0.15) is 5.10 Å². The molecule has 8 nitrogen and oxygen atoms in total. The molecule has 1 aliphatic heterocycles. The first-order chi connectivity index (χ1) is 14.3. The number of amides is 1. The van der Waals surface area contributed by atoms with Crippen LogP contribution in [-0.2, 0) is 16.9 Å². The standard InChI is InChI=1S/C21H25N5O3S/c1-21(2,3)26-18-15(11-23-26)19(28)25-14(12-30-20(25)24-18)9-17(27)22-10-13-7-5-6-8-16(13)29-4/h5-8,11,14H,9-10,12H2,1-4H3,(H,22,27). The number of hydrogen-bond donors (Lipinski definition) is 1. The third-order valence-corrected chi connectivity index (χ3v) is 6.19. The largest absolute Gasteiger partial charge is 0.496 e. The van der Waals surface area contributed by atoms with E-state index in [0.717, 1.165) is 11.3 Å². The van der Waals surface area contributed by atoms with Crippen molar-refractivity contribution in [1.29, 1.82) is 0 Å². The van der Waals surface area contributed by atoms with Crippen LogP contribution in [0.15, 0.2) is 40.4 Å². The van der Waals surface area contributed by atoms with Gasteiger partial charge in [0, 0.05) is 24.3 Å². The lowest BCUT2D eigenvalue weighted by Gasteiger charge is -2.20. The minimum Gasteiger partial charge on any atom is -0.496 e. The lowest BCUT2D eigenvalue weighted by molar-refractivity contribution is -0.121. The van der Waals surface area contributed by atoms with E-state index >= 15 is 0 Å². The molecular formula is C21H25N5O3S. The smallest absolute Gasteiger partial charge is 0.265 e. The maximum atomic E-state index is 13.1. The number of carbonyl (C=O) groups excluding carboxylic acids is 1. The van der Waals surface area contributed by atoms with E-state index in [1.165, 1.54) is 11.8 Å². The topological polar surface area (TPSA) is 91.0 Å². The number of fused-ring (bicyclic) bond motifs is 2. The Morgan fingerprint density at radius 3 is 2.83 bits per heavy atom. The van der Waals surface area contributed by atoms with Crippen LogP contribution in [0.2, 0.25) is 0 Å². The Morgan fingerprint density at radius 2 is 2.10 bits per heavy atom. The molecule has 0 saturated carbocycles. The van der Waals surface area contributed by atoms with Crippen LogP contribution in [0.5, 0.6) is 5.75 Å². The second-order valence-electron chi connectivity index (χ2n) is 8.29. The summed E-state index contributed by atoms with van der Waals surface area (Å²) in [5.74, 6) is 1.26. The SMILES string of the molecule is COc1ccccc1CNC(=O)CC1CSc2nc3c(cnn3C(C)(C)C)c(=O)n21. The Hall–Kier alpha value is -2.81. The lowest BCUT2D eigenvalue weighted by atomic mass is 10.1. The van der Waals surface area contributed by atoms with Gasteiger partial charge in [-0.3, -0.25) is 14.2 Å². The molecule has 3 heterocycles. The first-order valence-corrected chi connectivity index (χ1v) is 10.8. The molecule has 1 N–H and O–H groups in total. The van der Waals surface area contributed by atoms with Crippen molar-refractivity contribution < 1.29 is 9.53 Å². The number of aromatic nitrogens is 4. The number of nitrogens with one attached hydrogen (secondary N) is 1. The number of rotatable bonds is 5. The number of benzene rings is 1. The quantitative estimate of drug-likeness (QED) is 0.630. The summed E-state index contributed by atoms with van der Waals surface area (Å²) >= 11 is 1.50. The third-order valence-electron chi connectivity index (χ3n) is 5.10. The van der Waals surface area contributed by atoms with E-state index in [0.29, 0.717) is 28.5 Å². The molecule has 0 bridgehead atoms. The fourth-order valence-electron chi connectivity index (χ4n) is 3.60. The highest BCUT2D eigenvalue weighted by molar-refractivity contribution is 7.99.